The molecule has 49 heavy (non-hydrogen) atoms. The number of nitrogens with zero attached hydrogens (tertiary/aromatic N) is 3. The molecule has 0 saturated heterocycles. The lowest BCUT2D eigenvalue weighted by Crippen LogP contribution is -2.16. The number of benzene rings is 7. The minimum atomic E-state index is -0.0680. The lowest BCUT2D eigenvalue weighted by Gasteiger charge is -2.26. The van der Waals surface area contributed by atoms with Gasteiger partial charge in [0.1, 0.15) is 12.4 Å². The van der Waals surface area contributed by atoms with Gasteiger partial charge in [-0.3, -0.25) is 0 Å². The Labute approximate surface area is 284 Å². The van der Waals surface area contributed by atoms with E-state index in [0.717, 1.165) is 38.8 Å². The molecule has 0 radical (unpaired) electrons. The molecule has 1 aliphatic carbocycles. The van der Waals surface area contributed by atoms with Crippen molar-refractivity contribution in [2.24, 2.45) is 0 Å². The fourth-order valence-electron chi connectivity index (χ4n) is 7.90. The van der Waals surface area contributed by atoms with Gasteiger partial charge >= 0.3 is 0 Å². The monoisotopic (exact) mass is 629 g/mol. The van der Waals surface area contributed by atoms with Crippen LogP contribution in [0.5, 0.6) is 5.75 Å². The topological polar surface area (TPSA) is 47.9 Å². The Morgan fingerprint density at radius 1 is 0.469 bits per heavy atom. The molecule has 4 heteroatoms. The van der Waals surface area contributed by atoms with Crippen molar-refractivity contribution in [2.75, 3.05) is 0 Å². The van der Waals surface area contributed by atoms with Crippen LogP contribution in [0.2, 0.25) is 0 Å². The summed E-state index contributed by atoms with van der Waals surface area (Å²) in [6.45, 7) is 5.17. The van der Waals surface area contributed by atoms with Crippen molar-refractivity contribution < 1.29 is 4.74 Å². The van der Waals surface area contributed by atoms with Crippen molar-refractivity contribution in [3.05, 3.63) is 156 Å². The second kappa shape index (κ2) is 10.4. The highest BCUT2D eigenvalue weighted by atomic mass is 16.5. The first-order valence-corrected chi connectivity index (χ1v) is 16.8. The summed E-state index contributed by atoms with van der Waals surface area (Å²) in [4.78, 5) is 15.3. The van der Waals surface area contributed by atoms with Gasteiger partial charge in [-0.05, 0) is 85.3 Å². The van der Waals surface area contributed by atoms with Gasteiger partial charge in [-0.15, -0.1) is 0 Å². The first-order chi connectivity index (χ1) is 24.0. The predicted molar refractivity (Wildman–Crippen MR) is 198 cm³/mol. The van der Waals surface area contributed by atoms with E-state index >= 15 is 0 Å². The van der Waals surface area contributed by atoms with E-state index in [1.54, 1.807) is 0 Å². The Morgan fingerprint density at radius 3 is 2.02 bits per heavy atom. The van der Waals surface area contributed by atoms with Crippen molar-refractivity contribution in [1.29, 1.82) is 0 Å². The minimum Gasteiger partial charge on any atom is -0.488 e. The molecule has 0 amide bonds. The van der Waals surface area contributed by atoms with E-state index in [0.29, 0.717) is 24.1 Å². The number of aromatic nitrogens is 3. The van der Waals surface area contributed by atoms with Crippen molar-refractivity contribution in [2.45, 2.75) is 25.9 Å². The zero-order valence-corrected chi connectivity index (χ0v) is 27.2. The summed E-state index contributed by atoms with van der Waals surface area (Å²) in [5, 5.41) is 4.65. The van der Waals surface area contributed by atoms with Crippen molar-refractivity contribution >= 4 is 21.5 Å². The van der Waals surface area contributed by atoms with E-state index in [1.165, 1.54) is 44.2 Å². The van der Waals surface area contributed by atoms with Crippen LogP contribution >= 0.6 is 0 Å². The molecule has 0 spiro atoms. The summed E-state index contributed by atoms with van der Waals surface area (Å²) in [5.74, 6) is 2.74. The molecule has 10 rings (SSSR count). The maximum Gasteiger partial charge on any atom is 0.164 e. The molecule has 232 valence electrons. The molecule has 0 fully saturated rings. The van der Waals surface area contributed by atoms with Crippen LogP contribution in [-0.4, -0.2) is 15.0 Å². The Balaban J connectivity index is 1.13. The van der Waals surface area contributed by atoms with Crippen LogP contribution in [0.15, 0.2) is 140 Å². The van der Waals surface area contributed by atoms with Gasteiger partial charge in [0.2, 0.25) is 0 Å². The quantitative estimate of drug-likeness (QED) is 0.182. The Hall–Kier alpha value is -6.13. The molecule has 2 aliphatic rings. The maximum absolute atomic E-state index is 6.48. The van der Waals surface area contributed by atoms with Crippen LogP contribution in [0.1, 0.15) is 30.5 Å². The van der Waals surface area contributed by atoms with E-state index in [-0.39, 0.29) is 5.41 Å². The molecule has 2 heterocycles. The zero-order valence-electron chi connectivity index (χ0n) is 27.2. The van der Waals surface area contributed by atoms with Gasteiger partial charge in [0, 0.05) is 27.7 Å². The van der Waals surface area contributed by atoms with Gasteiger partial charge in [-0.2, -0.15) is 0 Å². The van der Waals surface area contributed by atoms with Crippen molar-refractivity contribution in [3.8, 4) is 62.2 Å². The Morgan fingerprint density at radius 2 is 1.16 bits per heavy atom. The molecule has 0 N–H and O–H groups in total. The smallest absolute Gasteiger partial charge is 0.164 e. The van der Waals surface area contributed by atoms with Gasteiger partial charge in [0.15, 0.2) is 17.5 Å². The van der Waals surface area contributed by atoms with Gasteiger partial charge < -0.3 is 4.74 Å². The normalized spacial score (nSPS) is 13.8. The van der Waals surface area contributed by atoms with Crippen LogP contribution in [0.3, 0.4) is 0 Å². The van der Waals surface area contributed by atoms with Gasteiger partial charge in [0.25, 0.3) is 0 Å². The van der Waals surface area contributed by atoms with Crippen LogP contribution < -0.4 is 4.74 Å². The van der Waals surface area contributed by atoms with Gasteiger partial charge in [-0.1, -0.05) is 123 Å². The largest absolute Gasteiger partial charge is 0.488 e. The molecule has 0 atom stereocenters. The molecule has 0 saturated carbocycles. The molecular weight excluding hydrogens is 599 g/mol. The molecule has 0 bridgehead atoms. The number of hydrogen-bond acceptors (Lipinski definition) is 4. The third kappa shape index (κ3) is 4.27. The first kappa shape index (κ1) is 27.9. The third-order valence-corrected chi connectivity index (χ3v) is 10.4. The highest BCUT2D eigenvalue weighted by molar-refractivity contribution is 6.13. The lowest BCUT2D eigenvalue weighted by molar-refractivity contribution is 0.302. The van der Waals surface area contributed by atoms with E-state index in [1.807, 2.05) is 30.3 Å². The number of rotatable bonds is 3. The molecule has 0 unspecified atom stereocenters. The van der Waals surface area contributed by atoms with Gasteiger partial charge in [0.05, 0.1) is 0 Å². The predicted octanol–water partition coefficient (Wildman–Crippen LogP) is 11.0. The first-order valence-electron chi connectivity index (χ1n) is 16.8. The standard InChI is InChI=1S/C45H31N3O/c1-45(2)39-19-11-10-18-34(39)37-23-30-26-49-41-24-29(20-21-35(41)36(30)25-40(37)45)43-46-42(27-12-4-3-5-13-27)47-44(48-43)38-22-28-14-6-7-15-31(28)32-16-8-9-17-33(32)38/h3-25H,26H2,1-2H3. The average Bonchev–Trinajstić information content (AvgIpc) is 3.38. The molecule has 7 aromatic carbocycles. The van der Waals surface area contributed by atoms with Gasteiger partial charge in [-0.25, -0.2) is 15.0 Å². The summed E-state index contributed by atoms with van der Waals surface area (Å²) in [6, 6.07) is 49.2. The molecule has 4 nitrogen and oxygen atoms in total. The van der Waals surface area contributed by atoms with Crippen LogP contribution in [0, 0.1) is 0 Å². The Bertz CT molecular complexity index is 2640. The lowest BCUT2D eigenvalue weighted by atomic mass is 9.80. The van der Waals surface area contributed by atoms with Crippen molar-refractivity contribution in [1.82, 2.24) is 15.0 Å². The number of hydrogen-bond donors (Lipinski definition) is 0. The zero-order chi connectivity index (χ0) is 32.7. The molecule has 8 aromatic rings. The van der Waals surface area contributed by atoms with E-state index in [2.05, 4.69) is 123 Å². The average molecular weight is 630 g/mol. The number of ether oxygens (including phenoxy) is 1. The number of fused-ring (bicyclic) bond motifs is 9. The second-order valence-corrected chi connectivity index (χ2v) is 13.6. The van der Waals surface area contributed by atoms with E-state index < -0.39 is 0 Å². The summed E-state index contributed by atoms with van der Waals surface area (Å²) < 4.78 is 6.48. The van der Waals surface area contributed by atoms with Crippen molar-refractivity contribution in [3.63, 3.8) is 0 Å². The molecule has 1 aromatic heterocycles. The summed E-state index contributed by atoms with van der Waals surface area (Å²) in [6.07, 6.45) is 0. The van der Waals surface area contributed by atoms with Crippen LogP contribution in [-0.2, 0) is 12.0 Å². The Kier molecular flexibility index (Phi) is 5.95. The molecular formula is C45H31N3O. The summed E-state index contributed by atoms with van der Waals surface area (Å²) in [7, 11) is 0. The van der Waals surface area contributed by atoms with E-state index in [9.17, 15) is 0 Å². The highest BCUT2D eigenvalue weighted by Gasteiger charge is 2.36. The SMILES string of the molecule is CC1(C)c2ccccc2-c2cc3c(cc21)-c1ccc(-c2nc(-c4ccccc4)nc(-c4cc5ccccc5c5ccccc45)n2)cc1OC3. The molecule has 1 aliphatic heterocycles. The second-order valence-electron chi connectivity index (χ2n) is 13.6. The summed E-state index contributed by atoms with van der Waals surface area (Å²) >= 11 is 0. The highest BCUT2D eigenvalue weighted by Crippen LogP contribution is 2.52. The fraction of sp³-hybridized carbons (Fsp3) is 0.0889. The minimum absolute atomic E-state index is 0.0680. The van der Waals surface area contributed by atoms with E-state index in [4.69, 9.17) is 19.7 Å². The van der Waals surface area contributed by atoms with Crippen LogP contribution in [0.25, 0.3) is 78.0 Å². The fourth-order valence-corrected chi connectivity index (χ4v) is 7.90. The third-order valence-electron chi connectivity index (χ3n) is 10.4. The summed E-state index contributed by atoms with van der Waals surface area (Å²) in [5.41, 5.74) is 11.7. The van der Waals surface area contributed by atoms with Crippen LogP contribution in [0.4, 0.5) is 0 Å². The maximum atomic E-state index is 6.48.